The number of hydrogen-bond acceptors (Lipinski definition) is 4. The van der Waals surface area contributed by atoms with Gasteiger partial charge in [-0.05, 0) is 24.6 Å². The molecule has 1 heterocycles. The van der Waals surface area contributed by atoms with Gasteiger partial charge >= 0.3 is 0 Å². The Kier molecular flexibility index (Phi) is 4.33. The third-order valence-electron chi connectivity index (χ3n) is 2.68. The Balaban J connectivity index is 2.36. The fourth-order valence-corrected chi connectivity index (χ4v) is 2.94. The predicted octanol–water partition coefficient (Wildman–Crippen LogP) is 3.41. The van der Waals surface area contributed by atoms with Crippen LogP contribution in [0.3, 0.4) is 0 Å². The number of nitrogens with zero attached hydrogens (tertiary/aromatic N) is 1. The summed E-state index contributed by atoms with van der Waals surface area (Å²) >= 11 is 7.56. The summed E-state index contributed by atoms with van der Waals surface area (Å²) in [5.41, 5.74) is 3.78. The minimum Gasteiger partial charge on any atom is -0.467 e. The number of aryl methyl sites for hydroxylation is 1. The lowest BCUT2D eigenvalue weighted by atomic mass is 9.97. The van der Waals surface area contributed by atoms with Gasteiger partial charge in [-0.15, -0.1) is 11.3 Å². The van der Waals surface area contributed by atoms with Crippen LogP contribution < -0.4 is 0 Å². The highest BCUT2D eigenvalue weighted by molar-refractivity contribution is 7.09. The average Bonchev–Trinajstić information content (AvgIpc) is 2.77. The van der Waals surface area contributed by atoms with E-state index in [1.54, 1.807) is 16.8 Å². The van der Waals surface area contributed by atoms with Gasteiger partial charge in [0.2, 0.25) is 0 Å². The first-order valence-electron chi connectivity index (χ1n) is 5.43. The topological polar surface area (TPSA) is 39.2 Å². The van der Waals surface area contributed by atoms with Crippen molar-refractivity contribution >= 4 is 29.4 Å². The smallest absolute Gasteiger partial charge is 0.293 e. The van der Waals surface area contributed by atoms with Gasteiger partial charge in [0.25, 0.3) is 6.47 Å². The van der Waals surface area contributed by atoms with Crippen LogP contribution in [0.15, 0.2) is 29.8 Å². The lowest BCUT2D eigenvalue weighted by molar-refractivity contribution is -0.128. The van der Waals surface area contributed by atoms with Gasteiger partial charge in [0.1, 0.15) is 6.61 Å². The normalized spacial score (nSPS) is 12.1. The van der Waals surface area contributed by atoms with E-state index in [2.05, 4.69) is 4.98 Å². The number of carbonyl (C=O) groups excluding carboxylic acids is 1. The maximum atomic E-state index is 10.4. The average molecular weight is 282 g/mol. The van der Waals surface area contributed by atoms with Crippen LogP contribution in [0.25, 0.3) is 0 Å². The second kappa shape index (κ2) is 5.98. The molecule has 5 heteroatoms. The van der Waals surface area contributed by atoms with Crippen LogP contribution in [0.5, 0.6) is 0 Å². The minimum absolute atomic E-state index is 0.0126. The summed E-state index contributed by atoms with van der Waals surface area (Å²) in [6.45, 7) is 2.71. The summed E-state index contributed by atoms with van der Waals surface area (Å²) in [5, 5.41) is 0.672. The summed E-state index contributed by atoms with van der Waals surface area (Å²) in [7, 11) is 0. The molecule has 0 aliphatic carbocycles. The zero-order valence-corrected chi connectivity index (χ0v) is 11.4. The summed E-state index contributed by atoms with van der Waals surface area (Å²) in [4.78, 5) is 15.7. The molecule has 0 saturated carbocycles. The van der Waals surface area contributed by atoms with Crippen molar-refractivity contribution in [2.45, 2.75) is 12.8 Å². The number of halogens is 1. The molecule has 0 amide bonds. The van der Waals surface area contributed by atoms with Gasteiger partial charge in [-0.3, -0.25) is 4.79 Å². The lowest BCUT2D eigenvalue weighted by Gasteiger charge is -2.15. The van der Waals surface area contributed by atoms with E-state index in [0.29, 0.717) is 18.1 Å². The number of benzene rings is 1. The molecule has 3 nitrogen and oxygen atoms in total. The van der Waals surface area contributed by atoms with Crippen LogP contribution in [-0.4, -0.2) is 18.1 Å². The fourth-order valence-electron chi connectivity index (χ4n) is 1.83. The minimum atomic E-state index is -0.0126. The largest absolute Gasteiger partial charge is 0.467 e. The third kappa shape index (κ3) is 2.89. The highest BCUT2D eigenvalue weighted by atomic mass is 35.5. The molecule has 0 saturated heterocycles. The molecule has 2 rings (SSSR count). The van der Waals surface area contributed by atoms with Gasteiger partial charge in [0.05, 0.1) is 17.1 Å². The summed E-state index contributed by atoms with van der Waals surface area (Å²) in [6, 6.07) is 7.58. The number of ether oxygens (including phenoxy) is 1. The van der Waals surface area contributed by atoms with Crippen LogP contribution in [-0.2, 0) is 9.53 Å². The van der Waals surface area contributed by atoms with Crippen LogP contribution >= 0.6 is 22.9 Å². The molecule has 0 aliphatic rings. The highest BCUT2D eigenvalue weighted by Gasteiger charge is 2.19. The Morgan fingerprint density at radius 2 is 2.39 bits per heavy atom. The quantitative estimate of drug-likeness (QED) is 0.789. The molecule has 94 valence electrons. The first-order chi connectivity index (χ1) is 8.72. The molecule has 0 fully saturated rings. The van der Waals surface area contributed by atoms with E-state index in [0.717, 1.165) is 16.1 Å². The van der Waals surface area contributed by atoms with Gasteiger partial charge in [-0.25, -0.2) is 4.98 Å². The van der Waals surface area contributed by atoms with Gasteiger partial charge in [0, 0.05) is 9.90 Å². The second-order valence-corrected chi connectivity index (χ2v) is 5.16. The van der Waals surface area contributed by atoms with Crippen molar-refractivity contribution in [3.05, 3.63) is 50.9 Å². The van der Waals surface area contributed by atoms with Gasteiger partial charge < -0.3 is 4.74 Å². The van der Waals surface area contributed by atoms with Crippen LogP contribution in [0.1, 0.15) is 22.1 Å². The summed E-state index contributed by atoms with van der Waals surface area (Å²) < 4.78 is 4.92. The highest BCUT2D eigenvalue weighted by Crippen LogP contribution is 2.31. The zero-order valence-electron chi connectivity index (χ0n) is 9.80. The Morgan fingerprint density at radius 1 is 1.56 bits per heavy atom. The molecule has 1 atom stereocenters. The van der Waals surface area contributed by atoms with Crippen molar-refractivity contribution < 1.29 is 9.53 Å². The van der Waals surface area contributed by atoms with Gasteiger partial charge in [-0.1, -0.05) is 23.7 Å². The molecule has 18 heavy (non-hydrogen) atoms. The molecule has 0 N–H and O–H groups in total. The lowest BCUT2D eigenvalue weighted by Crippen LogP contribution is -2.09. The Morgan fingerprint density at radius 3 is 3.00 bits per heavy atom. The van der Waals surface area contributed by atoms with E-state index in [4.69, 9.17) is 16.3 Å². The van der Waals surface area contributed by atoms with Crippen molar-refractivity contribution in [3.8, 4) is 0 Å². The molecule has 2 aromatic rings. The van der Waals surface area contributed by atoms with Gasteiger partial charge in [0.15, 0.2) is 0 Å². The molecule has 0 aliphatic heterocycles. The summed E-state index contributed by atoms with van der Waals surface area (Å²) in [5.74, 6) is -0.0126. The first-order valence-corrected chi connectivity index (χ1v) is 6.69. The van der Waals surface area contributed by atoms with E-state index >= 15 is 0 Å². The molecular formula is C13H12ClNO2S. The Bertz CT molecular complexity index is 541. The van der Waals surface area contributed by atoms with E-state index in [-0.39, 0.29) is 5.92 Å². The standard InChI is InChI=1S/C13H12ClNO2S/c1-9-13(18-7-15-9)12(6-17-8-16)10-3-2-4-11(14)5-10/h2-5,7-8,12H,6H2,1H3. The molecule has 0 radical (unpaired) electrons. The van der Waals surface area contributed by atoms with E-state index in [1.165, 1.54) is 0 Å². The van der Waals surface area contributed by atoms with E-state index in [9.17, 15) is 4.79 Å². The molecule has 1 aromatic carbocycles. The van der Waals surface area contributed by atoms with Crippen molar-refractivity contribution in [2.75, 3.05) is 6.61 Å². The Labute approximate surface area is 114 Å². The first kappa shape index (κ1) is 13.1. The number of aromatic nitrogens is 1. The number of carbonyl (C=O) groups is 1. The Hall–Kier alpha value is -1.39. The zero-order chi connectivity index (χ0) is 13.0. The monoisotopic (exact) mass is 281 g/mol. The molecule has 1 aromatic heterocycles. The second-order valence-electron chi connectivity index (χ2n) is 3.84. The number of thiazole rings is 1. The number of hydrogen-bond donors (Lipinski definition) is 0. The fraction of sp³-hybridized carbons (Fsp3) is 0.231. The maximum Gasteiger partial charge on any atom is 0.293 e. The predicted molar refractivity (Wildman–Crippen MR) is 72.2 cm³/mol. The van der Waals surface area contributed by atoms with Crippen LogP contribution in [0.2, 0.25) is 5.02 Å². The van der Waals surface area contributed by atoms with Crippen molar-refractivity contribution in [1.82, 2.24) is 4.98 Å². The van der Waals surface area contributed by atoms with E-state index < -0.39 is 0 Å². The number of rotatable bonds is 5. The maximum absolute atomic E-state index is 10.4. The van der Waals surface area contributed by atoms with Crippen molar-refractivity contribution in [3.63, 3.8) is 0 Å². The SMILES string of the molecule is Cc1ncsc1C(COC=O)c1cccc(Cl)c1. The van der Waals surface area contributed by atoms with Crippen LogP contribution in [0, 0.1) is 6.92 Å². The van der Waals surface area contributed by atoms with Crippen molar-refractivity contribution in [1.29, 1.82) is 0 Å². The summed E-state index contributed by atoms with van der Waals surface area (Å²) in [6.07, 6.45) is 0. The molecule has 1 unspecified atom stereocenters. The molecule has 0 bridgehead atoms. The van der Waals surface area contributed by atoms with Gasteiger partial charge in [-0.2, -0.15) is 0 Å². The van der Waals surface area contributed by atoms with Crippen molar-refractivity contribution in [2.24, 2.45) is 0 Å². The van der Waals surface area contributed by atoms with Crippen LogP contribution in [0.4, 0.5) is 0 Å². The molecule has 0 spiro atoms. The third-order valence-corrected chi connectivity index (χ3v) is 3.96. The molecular weight excluding hydrogens is 270 g/mol. The van der Waals surface area contributed by atoms with E-state index in [1.807, 2.05) is 31.2 Å².